The number of aromatic nitrogens is 3. The normalized spacial score (nSPS) is 17.5. The topological polar surface area (TPSA) is 93.9 Å². The third kappa shape index (κ3) is 5.55. The van der Waals surface area contributed by atoms with Crippen molar-refractivity contribution in [2.24, 2.45) is 0 Å². The maximum atomic E-state index is 12.4. The number of hydrogen-bond acceptors (Lipinski definition) is 6. The van der Waals surface area contributed by atoms with E-state index in [4.69, 9.17) is 0 Å². The maximum Gasteiger partial charge on any atom is 0.230 e. The number of carbonyl (C=O) groups excluding carboxylic acids is 1. The molecule has 10 heteroatoms. The number of hydrogen-bond donors (Lipinski definition) is 1. The van der Waals surface area contributed by atoms with Gasteiger partial charge in [-0.1, -0.05) is 76.2 Å². The summed E-state index contributed by atoms with van der Waals surface area (Å²) in [6.45, 7) is 0.565. The lowest BCUT2D eigenvalue weighted by Crippen LogP contribution is -2.36. The van der Waals surface area contributed by atoms with Crippen LogP contribution in [0, 0.1) is 0 Å². The Morgan fingerprint density at radius 1 is 1.13 bits per heavy atom. The van der Waals surface area contributed by atoms with Crippen molar-refractivity contribution in [2.45, 2.75) is 24.2 Å². The SMILES string of the molecule is O=C(CSc1nnc(-c2ccccc2Br)n1Cc1ccccc1)N[C@@H]1CCS(=O)(=O)C1. The molecule has 0 saturated carbocycles. The average Bonchev–Trinajstić information content (AvgIpc) is 3.30. The van der Waals surface area contributed by atoms with Crippen molar-refractivity contribution in [1.29, 1.82) is 0 Å². The highest BCUT2D eigenvalue weighted by Gasteiger charge is 2.29. The summed E-state index contributed by atoms with van der Waals surface area (Å²) in [6.07, 6.45) is 0.467. The van der Waals surface area contributed by atoms with Gasteiger partial charge in [0.2, 0.25) is 5.91 Å². The second-order valence-corrected chi connectivity index (χ2v) is 11.3. The van der Waals surface area contributed by atoms with Crippen molar-refractivity contribution >= 4 is 43.4 Å². The van der Waals surface area contributed by atoms with Gasteiger partial charge in [-0.15, -0.1) is 10.2 Å². The summed E-state index contributed by atoms with van der Waals surface area (Å²) in [7, 11) is -3.03. The number of halogens is 1. The Kier molecular flexibility index (Phi) is 6.78. The number of benzene rings is 2. The minimum atomic E-state index is -3.03. The first-order valence-electron chi connectivity index (χ1n) is 9.76. The predicted molar refractivity (Wildman–Crippen MR) is 125 cm³/mol. The van der Waals surface area contributed by atoms with Gasteiger partial charge >= 0.3 is 0 Å². The molecular weight excluding hydrogens is 500 g/mol. The lowest BCUT2D eigenvalue weighted by molar-refractivity contribution is -0.119. The van der Waals surface area contributed by atoms with Gasteiger partial charge in [-0.3, -0.25) is 9.36 Å². The molecule has 4 rings (SSSR count). The summed E-state index contributed by atoms with van der Waals surface area (Å²) in [5, 5.41) is 12.2. The van der Waals surface area contributed by atoms with Crippen molar-refractivity contribution < 1.29 is 13.2 Å². The van der Waals surface area contributed by atoms with Crippen LogP contribution in [0.2, 0.25) is 0 Å². The third-order valence-corrected chi connectivity index (χ3v) is 8.37. The number of sulfone groups is 1. The van der Waals surface area contributed by atoms with Crippen LogP contribution in [0.3, 0.4) is 0 Å². The van der Waals surface area contributed by atoms with E-state index < -0.39 is 9.84 Å². The first-order chi connectivity index (χ1) is 14.9. The highest BCUT2D eigenvalue weighted by Crippen LogP contribution is 2.30. The van der Waals surface area contributed by atoms with Gasteiger partial charge in [0.05, 0.1) is 23.8 Å². The molecule has 1 atom stereocenters. The van der Waals surface area contributed by atoms with Crippen LogP contribution in [0.25, 0.3) is 11.4 Å². The highest BCUT2D eigenvalue weighted by molar-refractivity contribution is 9.10. The fraction of sp³-hybridized carbons (Fsp3) is 0.286. The van der Waals surface area contributed by atoms with Gasteiger partial charge in [-0.05, 0) is 18.1 Å². The maximum absolute atomic E-state index is 12.4. The Labute approximate surface area is 193 Å². The largest absolute Gasteiger partial charge is 0.352 e. The molecule has 7 nitrogen and oxygen atoms in total. The van der Waals surface area contributed by atoms with E-state index >= 15 is 0 Å². The van der Waals surface area contributed by atoms with Crippen LogP contribution in [0.5, 0.6) is 0 Å². The van der Waals surface area contributed by atoms with E-state index in [0.717, 1.165) is 15.6 Å². The van der Waals surface area contributed by atoms with E-state index in [2.05, 4.69) is 31.4 Å². The van der Waals surface area contributed by atoms with Crippen LogP contribution in [0.1, 0.15) is 12.0 Å². The van der Waals surface area contributed by atoms with Gasteiger partial charge in [0.25, 0.3) is 0 Å². The van der Waals surface area contributed by atoms with Crippen molar-refractivity contribution in [3.05, 3.63) is 64.6 Å². The molecular formula is C21H21BrN4O3S2. The summed E-state index contributed by atoms with van der Waals surface area (Å²) in [5.74, 6) is 0.787. The van der Waals surface area contributed by atoms with Crippen molar-refractivity contribution in [3.8, 4) is 11.4 Å². The van der Waals surface area contributed by atoms with Crippen molar-refractivity contribution in [2.75, 3.05) is 17.3 Å². The van der Waals surface area contributed by atoms with Gasteiger partial charge in [-0.2, -0.15) is 0 Å². The Balaban J connectivity index is 1.53. The minimum absolute atomic E-state index is 0.0137. The Bertz CT molecular complexity index is 1180. The van der Waals surface area contributed by atoms with Crippen molar-refractivity contribution in [3.63, 3.8) is 0 Å². The zero-order chi connectivity index (χ0) is 21.8. The first kappa shape index (κ1) is 22.0. The molecule has 1 aromatic heterocycles. The predicted octanol–water partition coefficient (Wildman–Crippen LogP) is 3.15. The van der Waals surface area contributed by atoms with Crippen LogP contribution in [0.4, 0.5) is 0 Å². The lowest BCUT2D eigenvalue weighted by atomic mass is 10.2. The van der Waals surface area contributed by atoms with Crippen LogP contribution in [0.15, 0.2) is 64.2 Å². The third-order valence-electron chi connectivity index (χ3n) is 4.95. The smallest absolute Gasteiger partial charge is 0.230 e. The number of amides is 1. The zero-order valence-corrected chi connectivity index (χ0v) is 19.8. The molecule has 2 aromatic carbocycles. The second-order valence-electron chi connectivity index (χ2n) is 7.31. The molecule has 0 spiro atoms. The van der Waals surface area contributed by atoms with Gasteiger partial charge in [0.15, 0.2) is 20.8 Å². The molecule has 3 aromatic rings. The number of thioether (sulfide) groups is 1. The fourth-order valence-electron chi connectivity index (χ4n) is 3.45. The highest BCUT2D eigenvalue weighted by atomic mass is 79.9. The standard InChI is InChI=1S/C21H21BrN4O3S2/c22-18-9-5-4-8-17(18)20-24-25-21(26(20)12-15-6-2-1-3-7-15)30-13-19(27)23-16-10-11-31(28,29)14-16/h1-9,16H,10-14H2,(H,23,27)/t16-/m1/s1. The number of nitrogens with one attached hydrogen (secondary N) is 1. The van der Waals surface area contributed by atoms with Crippen LogP contribution in [-0.2, 0) is 21.2 Å². The molecule has 0 unspecified atom stereocenters. The Hall–Kier alpha value is -2.17. The first-order valence-corrected chi connectivity index (χ1v) is 13.4. The number of rotatable bonds is 7. The van der Waals surface area contributed by atoms with Gasteiger partial charge in [-0.25, -0.2) is 8.42 Å². The summed E-state index contributed by atoms with van der Waals surface area (Å²) in [5.41, 5.74) is 2.01. The van der Waals surface area contributed by atoms with E-state index in [-0.39, 0.29) is 29.2 Å². The van der Waals surface area contributed by atoms with E-state index in [9.17, 15) is 13.2 Å². The quantitative estimate of drug-likeness (QED) is 0.481. The second kappa shape index (κ2) is 9.54. The molecule has 31 heavy (non-hydrogen) atoms. The van der Waals surface area contributed by atoms with E-state index in [1.807, 2.05) is 59.2 Å². The summed E-state index contributed by atoms with van der Waals surface area (Å²) >= 11 is 4.87. The van der Waals surface area contributed by atoms with E-state index in [1.165, 1.54) is 11.8 Å². The van der Waals surface area contributed by atoms with Gasteiger partial charge in [0, 0.05) is 16.1 Å². The minimum Gasteiger partial charge on any atom is -0.352 e. The van der Waals surface area contributed by atoms with Gasteiger partial charge < -0.3 is 5.32 Å². The zero-order valence-electron chi connectivity index (χ0n) is 16.6. The Morgan fingerprint density at radius 2 is 1.87 bits per heavy atom. The van der Waals surface area contributed by atoms with Gasteiger partial charge in [0.1, 0.15) is 0 Å². The summed E-state index contributed by atoms with van der Waals surface area (Å²) in [4.78, 5) is 12.4. The molecule has 2 heterocycles. The molecule has 0 bridgehead atoms. The van der Waals surface area contributed by atoms with E-state index in [0.29, 0.717) is 23.9 Å². The van der Waals surface area contributed by atoms with Crippen molar-refractivity contribution in [1.82, 2.24) is 20.1 Å². The van der Waals surface area contributed by atoms with Crippen LogP contribution < -0.4 is 5.32 Å². The van der Waals surface area contributed by atoms with E-state index in [1.54, 1.807) is 0 Å². The molecule has 1 aliphatic heterocycles. The molecule has 162 valence electrons. The lowest BCUT2D eigenvalue weighted by Gasteiger charge is -2.12. The number of nitrogens with zero attached hydrogens (tertiary/aromatic N) is 3. The fourth-order valence-corrected chi connectivity index (χ4v) is 6.34. The molecule has 1 N–H and O–H groups in total. The number of carbonyl (C=O) groups is 1. The molecule has 0 aliphatic carbocycles. The molecule has 1 fully saturated rings. The summed E-state index contributed by atoms with van der Waals surface area (Å²) in [6, 6.07) is 17.5. The Morgan fingerprint density at radius 3 is 2.58 bits per heavy atom. The summed E-state index contributed by atoms with van der Waals surface area (Å²) < 4.78 is 26.1. The van der Waals surface area contributed by atoms with Crippen LogP contribution in [-0.4, -0.2) is 52.4 Å². The molecule has 1 saturated heterocycles. The monoisotopic (exact) mass is 520 g/mol. The molecule has 0 radical (unpaired) electrons. The molecule has 1 aliphatic rings. The molecule has 1 amide bonds. The van der Waals surface area contributed by atoms with Crippen LogP contribution >= 0.6 is 27.7 Å². The average molecular weight is 521 g/mol.